The molecule has 21 heavy (non-hydrogen) atoms. The van der Waals surface area contributed by atoms with Crippen LogP contribution in [0.3, 0.4) is 0 Å². The Labute approximate surface area is 132 Å². The van der Waals surface area contributed by atoms with Crippen LogP contribution < -0.4 is 10.5 Å². The van der Waals surface area contributed by atoms with Crippen molar-refractivity contribution >= 4 is 27.6 Å². The molecule has 0 aliphatic heterocycles. The molecule has 0 amide bonds. The Bertz CT molecular complexity index is 616. The van der Waals surface area contributed by atoms with E-state index in [4.69, 9.17) is 15.2 Å². The number of hydrogen-bond acceptors (Lipinski definition) is 4. The molecular weight excluding hydrogens is 334 g/mol. The second-order valence-electron chi connectivity index (χ2n) is 4.39. The van der Waals surface area contributed by atoms with E-state index in [1.807, 2.05) is 36.4 Å². The molecule has 5 heteroatoms. The van der Waals surface area contributed by atoms with Crippen molar-refractivity contribution in [3.05, 3.63) is 58.6 Å². The van der Waals surface area contributed by atoms with E-state index in [-0.39, 0.29) is 25.6 Å². The van der Waals surface area contributed by atoms with Gasteiger partial charge in [-0.25, -0.2) is 0 Å². The molecule has 0 bridgehead atoms. The summed E-state index contributed by atoms with van der Waals surface area (Å²) in [6.45, 7) is 0.483. The van der Waals surface area contributed by atoms with E-state index < -0.39 is 0 Å². The molecule has 0 spiro atoms. The molecule has 0 unspecified atom stereocenters. The number of carbonyl (C=O) groups is 1. The van der Waals surface area contributed by atoms with E-state index >= 15 is 0 Å². The molecule has 0 saturated carbocycles. The number of benzene rings is 2. The van der Waals surface area contributed by atoms with Gasteiger partial charge in [0, 0.05) is 10.0 Å². The highest BCUT2D eigenvalue weighted by atomic mass is 79.9. The Morgan fingerprint density at radius 1 is 1.10 bits per heavy atom. The molecule has 0 aliphatic carbocycles. The first-order valence-electron chi connectivity index (χ1n) is 6.53. The first-order valence-corrected chi connectivity index (χ1v) is 7.32. The van der Waals surface area contributed by atoms with Crippen molar-refractivity contribution in [2.45, 2.75) is 13.0 Å². The molecule has 2 aromatic carbocycles. The van der Waals surface area contributed by atoms with Crippen LogP contribution in [-0.2, 0) is 16.1 Å². The van der Waals surface area contributed by atoms with E-state index in [0.29, 0.717) is 11.4 Å². The lowest BCUT2D eigenvalue weighted by atomic mass is 10.2. The lowest BCUT2D eigenvalue weighted by molar-refractivity contribution is -0.145. The highest BCUT2D eigenvalue weighted by molar-refractivity contribution is 9.10. The van der Waals surface area contributed by atoms with Gasteiger partial charge in [-0.3, -0.25) is 4.79 Å². The lowest BCUT2D eigenvalue weighted by Gasteiger charge is -2.09. The van der Waals surface area contributed by atoms with Crippen molar-refractivity contribution in [2.24, 2.45) is 0 Å². The zero-order valence-electron chi connectivity index (χ0n) is 11.4. The molecule has 4 nitrogen and oxygen atoms in total. The summed E-state index contributed by atoms with van der Waals surface area (Å²) in [6, 6.07) is 14.8. The number of halogens is 1. The predicted molar refractivity (Wildman–Crippen MR) is 84.9 cm³/mol. The number of nitrogens with two attached hydrogens (primary N) is 1. The van der Waals surface area contributed by atoms with Gasteiger partial charge in [0.1, 0.15) is 12.4 Å². The predicted octanol–water partition coefficient (Wildman–Crippen LogP) is 3.54. The van der Waals surface area contributed by atoms with Gasteiger partial charge < -0.3 is 15.2 Å². The number of rotatable bonds is 6. The largest absolute Gasteiger partial charge is 0.491 e. The van der Waals surface area contributed by atoms with Crippen molar-refractivity contribution in [3.63, 3.8) is 0 Å². The Hall–Kier alpha value is -2.01. The third-order valence-electron chi connectivity index (χ3n) is 2.83. The van der Waals surface area contributed by atoms with Gasteiger partial charge in [-0.2, -0.15) is 0 Å². The van der Waals surface area contributed by atoms with Crippen LogP contribution in [-0.4, -0.2) is 12.6 Å². The minimum atomic E-state index is -0.305. The molecule has 110 valence electrons. The molecular formula is C16H16BrNO3. The maximum absolute atomic E-state index is 11.7. The van der Waals surface area contributed by atoms with Crippen LogP contribution in [0.25, 0.3) is 0 Å². The zero-order chi connectivity index (χ0) is 15.1. The van der Waals surface area contributed by atoms with Crippen LogP contribution in [0.1, 0.15) is 12.0 Å². The fourth-order valence-electron chi connectivity index (χ4n) is 1.70. The average molecular weight is 350 g/mol. The summed E-state index contributed by atoms with van der Waals surface area (Å²) in [5.41, 5.74) is 7.23. The van der Waals surface area contributed by atoms with Crippen molar-refractivity contribution in [1.29, 1.82) is 0 Å². The summed E-state index contributed by atoms with van der Waals surface area (Å²) < 4.78 is 11.6. The fourth-order valence-corrected chi connectivity index (χ4v) is 2.10. The summed E-state index contributed by atoms with van der Waals surface area (Å²) >= 11 is 3.41. The number of carbonyl (C=O) groups excluding carboxylic acids is 1. The minimum absolute atomic E-state index is 0.179. The average Bonchev–Trinajstić information content (AvgIpc) is 2.48. The van der Waals surface area contributed by atoms with Crippen molar-refractivity contribution < 1.29 is 14.3 Å². The molecule has 2 aromatic rings. The lowest BCUT2D eigenvalue weighted by Crippen LogP contribution is -2.10. The van der Waals surface area contributed by atoms with Crippen molar-refractivity contribution in [3.8, 4) is 5.75 Å². The van der Waals surface area contributed by atoms with Gasteiger partial charge in [0.05, 0.1) is 18.7 Å². The van der Waals surface area contributed by atoms with Crippen LogP contribution >= 0.6 is 15.9 Å². The first-order chi connectivity index (χ1) is 10.2. The van der Waals surface area contributed by atoms with Crippen molar-refractivity contribution in [2.75, 3.05) is 12.3 Å². The Kier molecular flexibility index (Phi) is 5.63. The molecule has 0 heterocycles. The standard InChI is InChI=1S/C16H16BrNO3/c17-13-6-2-1-5-12(13)11-21-16(19)9-10-20-15-8-4-3-7-14(15)18/h1-8H,9-11,18H2. The topological polar surface area (TPSA) is 61.5 Å². The summed E-state index contributed by atoms with van der Waals surface area (Å²) in [4.78, 5) is 11.7. The second-order valence-corrected chi connectivity index (χ2v) is 5.24. The van der Waals surface area contributed by atoms with Gasteiger partial charge in [-0.15, -0.1) is 0 Å². The van der Waals surface area contributed by atoms with Crippen LogP contribution in [0.15, 0.2) is 53.0 Å². The number of hydrogen-bond donors (Lipinski definition) is 1. The molecule has 2 rings (SSSR count). The third-order valence-corrected chi connectivity index (χ3v) is 3.60. The Morgan fingerprint density at radius 3 is 2.57 bits per heavy atom. The molecule has 0 radical (unpaired) electrons. The normalized spacial score (nSPS) is 10.1. The number of ether oxygens (including phenoxy) is 2. The summed E-state index contributed by atoms with van der Waals surface area (Å²) in [7, 11) is 0. The van der Waals surface area contributed by atoms with Gasteiger partial charge in [-0.05, 0) is 18.2 Å². The van der Waals surface area contributed by atoms with Gasteiger partial charge in [0.2, 0.25) is 0 Å². The maximum atomic E-state index is 11.7. The zero-order valence-corrected chi connectivity index (χ0v) is 13.0. The molecule has 0 fully saturated rings. The van der Waals surface area contributed by atoms with Gasteiger partial charge in [0.25, 0.3) is 0 Å². The van der Waals surface area contributed by atoms with E-state index in [1.165, 1.54) is 0 Å². The van der Waals surface area contributed by atoms with Crippen LogP contribution in [0.5, 0.6) is 5.75 Å². The molecule has 2 N–H and O–H groups in total. The minimum Gasteiger partial charge on any atom is -0.491 e. The molecule has 0 aromatic heterocycles. The summed E-state index contributed by atoms with van der Waals surface area (Å²) in [5, 5.41) is 0. The summed E-state index contributed by atoms with van der Waals surface area (Å²) in [6.07, 6.45) is 0.179. The first kappa shape index (κ1) is 15.4. The SMILES string of the molecule is Nc1ccccc1OCCC(=O)OCc1ccccc1Br. The van der Waals surface area contributed by atoms with Gasteiger partial charge in [0.15, 0.2) is 0 Å². The van der Waals surface area contributed by atoms with Gasteiger partial charge in [-0.1, -0.05) is 46.3 Å². The van der Waals surface area contributed by atoms with E-state index in [0.717, 1.165) is 10.0 Å². The third kappa shape index (κ3) is 4.79. The molecule has 0 atom stereocenters. The highest BCUT2D eigenvalue weighted by Gasteiger charge is 2.06. The van der Waals surface area contributed by atoms with E-state index in [1.54, 1.807) is 12.1 Å². The van der Waals surface area contributed by atoms with E-state index in [9.17, 15) is 4.79 Å². The summed E-state index contributed by atoms with van der Waals surface area (Å²) in [5.74, 6) is 0.274. The van der Waals surface area contributed by atoms with Crippen LogP contribution in [0.2, 0.25) is 0 Å². The van der Waals surface area contributed by atoms with Crippen LogP contribution in [0, 0.1) is 0 Å². The van der Waals surface area contributed by atoms with Crippen LogP contribution in [0.4, 0.5) is 5.69 Å². The smallest absolute Gasteiger partial charge is 0.309 e. The van der Waals surface area contributed by atoms with E-state index in [2.05, 4.69) is 15.9 Å². The maximum Gasteiger partial charge on any atom is 0.309 e. The number of nitrogen functional groups attached to an aromatic ring is 1. The van der Waals surface area contributed by atoms with Gasteiger partial charge >= 0.3 is 5.97 Å². The van der Waals surface area contributed by atoms with Crippen molar-refractivity contribution in [1.82, 2.24) is 0 Å². The number of esters is 1. The molecule has 0 aliphatic rings. The Balaban J connectivity index is 1.73. The second kappa shape index (κ2) is 7.69. The monoisotopic (exact) mass is 349 g/mol. The highest BCUT2D eigenvalue weighted by Crippen LogP contribution is 2.20. The fraction of sp³-hybridized carbons (Fsp3) is 0.188. The number of anilines is 1. The quantitative estimate of drug-likeness (QED) is 0.639. The molecule has 0 saturated heterocycles. The Morgan fingerprint density at radius 2 is 1.81 bits per heavy atom. The number of para-hydroxylation sites is 2.